The van der Waals surface area contributed by atoms with Crippen LogP contribution in [-0.2, 0) is 54.1 Å². The first-order chi connectivity index (χ1) is 33.5. The zero-order valence-electron chi connectivity index (χ0n) is 40.7. The second-order valence-corrected chi connectivity index (χ2v) is 20.6. The number of hydrogen-bond donors (Lipinski definition) is 1. The van der Waals surface area contributed by atoms with Crippen molar-refractivity contribution in [3.05, 3.63) is 201 Å². The van der Waals surface area contributed by atoms with Crippen molar-refractivity contribution in [1.29, 1.82) is 0 Å². The molecule has 0 bridgehead atoms. The highest BCUT2D eigenvalue weighted by molar-refractivity contribution is 5.98. The van der Waals surface area contributed by atoms with Crippen LogP contribution in [0.2, 0.25) is 0 Å². The molecule has 10 rings (SSSR count). The van der Waals surface area contributed by atoms with Gasteiger partial charge in [-0.1, -0.05) is 103 Å². The van der Waals surface area contributed by atoms with E-state index >= 15 is 0 Å². The number of hydrogen-bond acceptors (Lipinski definition) is 6. The zero-order chi connectivity index (χ0) is 48.0. The molecule has 352 valence electrons. The van der Waals surface area contributed by atoms with Gasteiger partial charge in [0.15, 0.2) is 11.6 Å². The van der Waals surface area contributed by atoms with E-state index in [1.54, 1.807) is 12.4 Å². The van der Waals surface area contributed by atoms with Crippen molar-refractivity contribution in [2.24, 2.45) is 11.8 Å². The fourth-order valence-corrected chi connectivity index (χ4v) is 12.8. The van der Waals surface area contributed by atoms with Crippen LogP contribution in [0, 0.1) is 37.5 Å². The van der Waals surface area contributed by atoms with Gasteiger partial charge in [-0.2, -0.15) is 0 Å². The molecule has 1 N–H and O–H groups in total. The molecule has 0 amide bonds. The number of carbonyl (C=O) groups excluding carboxylic acids is 3. The molecule has 4 aliphatic rings. The summed E-state index contributed by atoms with van der Waals surface area (Å²) in [5.74, 6) is 7.51. The first kappa shape index (κ1) is 47.8. The van der Waals surface area contributed by atoms with Crippen LogP contribution in [0.4, 0.5) is 0 Å². The van der Waals surface area contributed by atoms with Gasteiger partial charge in [-0.25, -0.2) is 0 Å². The van der Waals surface area contributed by atoms with Gasteiger partial charge in [0.25, 0.3) is 0 Å². The third-order valence-electron chi connectivity index (χ3n) is 16.4. The van der Waals surface area contributed by atoms with Crippen LogP contribution in [0.25, 0.3) is 0 Å². The number of Topliss-reactive ketones (excluding diaryl/α,β-unsaturated/α-hetero) is 3. The number of rotatable bonds is 10. The van der Waals surface area contributed by atoms with Crippen LogP contribution < -0.4 is 0 Å². The second kappa shape index (κ2) is 20.7. The number of carbonyl (C=O) groups is 3. The van der Waals surface area contributed by atoms with Gasteiger partial charge in [0.05, 0.1) is 0 Å². The molecule has 0 radical (unpaired) electrons. The summed E-state index contributed by atoms with van der Waals surface area (Å²) in [4.78, 5) is 47.5. The van der Waals surface area contributed by atoms with E-state index in [0.29, 0.717) is 56.1 Å². The third-order valence-corrected chi connectivity index (χ3v) is 16.4. The summed E-state index contributed by atoms with van der Waals surface area (Å²) < 4.78 is 0. The lowest BCUT2D eigenvalue weighted by atomic mass is 9.56. The maximum Gasteiger partial charge on any atom is 0.167 e. The Kier molecular flexibility index (Phi) is 14.4. The topological polar surface area (TPSA) is 97.2 Å². The Hall–Kier alpha value is -6.29. The fourth-order valence-electron chi connectivity index (χ4n) is 12.8. The van der Waals surface area contributed by atoms with Crippen LogP contribution in [0.15, 0.2) is 134 Å². The van der Waals surface area contributed by atoms with Crippen LogP contribution in [0.1, 0.15) is 148 Å². The Bertz CT molecular complexity index is 2900. The molecule has 6 aromatic rings. The number of pyridine rings is 2. The van der Waals surface area contributed by atoms with Crippen LogP contribution >= 0.6 is 0 Å². The molecule has 0 spiro atoms. The standard InChI is InChI=1S/C33H35NO2.C30H31NO2/c1-3-16-32(36)17-18-33(22-25-9-5-4-6-10-25)29(23-32)13-7-11-27-20-28(14-15-30(27)33)31(35)21-26-12-8-19-34-24(26)2;1-21-23(10-6-16-31-21)18-29(33)25-12-13-28-24(17-25)9-5-11-26-19-27(32)14-15-30(26,28)20-22-7-3-2-4-8-22/h4-6,8-10,12,14-15,19-20,29,36H,7,11,13,17-18,21-23H2,1-2H3;2-4,6-8,10,12-13,16-17,26H,5,9,11,14-15,18-20H2,1H3/t29-,32-,33-;26-,30-/m00/s1. The summed E-state index contributed by atoms with van der Waals surface area (Å²) in [6.45, 7) is 5.73. The minimum atomic E-state index is -0.901. The second-order valence-electron chi connectivity index (χ2n) is 20.6. The van der Waals surface area contributed by atoms with Gasteiger partial charge in [0.2, 0.25) is 0 Å². The number of ketones is 3. The number of aromatic nitrogens is 2. The summed E-state index contributed by atoms with van der Waals surface area (Å²) in [6, 6.07) is 42.0. The highest BCUT2D eigenvalue weighted by Crippen LogP contribution is 2.54. The summed E-state index contributed by atoms with van der Waals surface area (Å²) in [6.07, 6.45) is 16.9. The van der Waals surface area contributed by atoms with Gasteiger partial charge >= 0.3 is 0 Å². The Morgan fingerprint density at radius 2 is 1.13 bits per heavy atom. The van der Waals surface area contributed by atoms with E-state index in [2.05, 4.69) is 107 Å². The van der Waals surface area contributed by atoms with E-state index in [1.165, 1.54) is 33.4 Å². The summed E-state index contributed by atoms with van der Waals surface area (Å²) in [5, 5.41) is 11.3. The average Bonchev–Trinajstić information content (AvgIpc) is 3.60. The molecule has 6 nitrogen and oxygen atoms in total. The molecule has 0 saturated heterocycles. The maximum absolute atomic E-state index is 13.3. The van der Waals surface area contributed by atoms with E-state index in [1.807, 2.05) is 57.2 Å². The van der Waals surface area contributed by atoms with Crippen molar-refractivity contribution in [3.63, 3.8) is 0 Å². The molecular formula is C63H66N2O4. The summed E-state index contributed by atoms with van der Waals surface area (Å²) >= 11 is 0. The van der Waals surface area contributed by atoms with Gasteiger partial charge in [-0.05, 0) is 178 Å². The van der Waals surface area contributed by atoms with Gasteiger partial charge < -0.3 is 5.11 Å². The first-order valence-electron chi connectivity index (χ1n) is 25.4. The lowest BCUT2D eigenvalue weighted by Gasteiger charge is -2.49. The Balaban J connectivity index is 0.000000172. The molecular weight excluding hydrogens is 849 g/mol. The Labute approximate surface area is 409 Å². The van der Waals surface area contributed by atoms with Gasteiger partial charge in [-0.3, -0.25) is 24.4 Å². The van der Waals surface area contributed by atoms with Crippen molar-refractivity contribution in [1.82, 2.24) is 9.97 Å². The van der Waals surface area contributed by atoms with Crippen molar-refractivity contribution >= 4 is 17.3 Å². The number of benzene rings is 4. The zero-order valence-corrected chi connectivity index (χ0v) is 40.7. The molecule has 4 aliphatic carbocycles. The van der Waals surface area contributed by atoms with E-state index in [4.69, 9.17) is 0 Å². The molecule has 0 aliphatic heterocycles. The van der Waals surface area contributed by atoms with Crippen molar-refractivity contribution < 1.29 is 19.5 Å². The highest BCUT2D eigenvalue weighted by atomic mass is 16.3. The molecule has 6 heteroatoms. The summed E-state index contributed by atoms with van der Waals surface area (Å²) in [7, 11) is 0. The van der Waals surface area contributed by atoms with E-state index in [-0.39, 0.29) is 22.4 Å². The average molecular weight is 915 g/mol. The molecule has 4 aromatic carbocycles. The molecule has 2 heterocycles. The van der Waals surface area contributed by atoms with Gasteiger partial charge in [-0.15, -0.1) is 5.92 Å². The summed E-state index contributed by atoms with van der Waals surface area (Å²) in [5.41, 5.74) is 12.4. The monoisotopic (exact) mass is 915 g/mol. The van der Waals surface area contributed by atoms with Gasteiger partial charge in [0.1, 0.15) is 11.4 Å². The van der Waals surface area contributed by atoms with Crippen LogP contribution in [0.5, 0.6) is 0 Å². The molecule has 69 heavy (non-hydrogen) atoms. The minimum Gasteiger partial charge on any atom is -0.378 e. The minimum absolute atomic E-state index is 0.0252. The van der Waals surface area contributed by atoms with Crippen LogP contribution in [0.3, 0.4) is 0 Å². The van der Waals surface area contributed by atoms with E-state index in [0.717, 1.165) is 97.8 Å². The SMILES string of the molecule is CC#C[C@]1(O)CC[C@@]2(Cc3ccccc3)c3ccc(C(=O)Cc4cccnc4C)cc3CCC[C@H]2C1.Cc1ncccc1CC(=O)c1ccc2c(c1)CCC[C@H]1CC(=O)CC[C@@]21Cc1ccccc1. The van der Waals surface area contributed by atoms with Crippen molar-refractivity contribution in [3.8, 4) is 11.8 Å². The number of aryl methyl sites for hydroxylation is 4. The maximum atomic E-state index is 13.3. The largest absolute Gasteiger partial charge is 0.378 e. The van der Waals surface area contributed by atoms with Crippen molar-refractivity contribution in [2.75, 3.05) is 0 Å². The lowest BCUT2D eigenvalue weighted by Crippen LogP contribution is -2.48. The molecule has 2 fully saturated rings. The fraction of sp³-hybridized carbons (Fsp3) is 0.381. The molecule has 5 atom stereocenters. The van der Waals surface area contributed by atoms with Gasteiger partial charge in [0, 0.05) is 71.4 Å². The van der Waals surface area contributed by atoms with E-state index in [9.17, 15) is 19.5 Å². The quantitative estimate of drug-likeness (QED) is 0.109. The predicted molar refractivity (Wildman–Crippen MR) is 275 cm³/mol. The Morgan fingerprint density at radius 1 is 0.623 bits per heavy atom. The molecule has 2 saturated carbocycles. The molecule has 2 aromatic heterocycles. The van der Waals surface area contributed by atoms with Crippen LogP contribution in [-0.4, -0.2) is 38.0 Å². The third kappa shape index (κ3) is 10.4. The number of fused-ring (bicyclic) bond motifs is 6. The smallest absolute Gasteiger partial charge is 0.167 e. The predicted octanol–water partition coefficient (Wildman–Crippen LogP) is 12.2. The number of aliphatic hydroxyl groups is 1. The Morgan fingerprint density at radius 3 is 1.64 bits per heavy atom. The normalized spacial score (nSPS) is 23.7. The van der Waals surface area contributed by atoms with E-state index < -0.39 is 5.60 Å². The molecule has 0 unspecified atom stereocenters. The highest BCUT2D eigenvalue weighted by Gasteiger charge is 2.51. The van der Waals surface area contributed by atoms with Crippen molar-refractivity contribution in [2.45, 2.75) is 140 Å². The first-order valence-corrected chi connectivity index (χ1v) is 25.4. The lowest BCUT2D eigenvalue weighted by molar-refractivity contribution is -0.123. The number of nitrogens with zero attached hydrogens (tertiary/aromatic N) is 2.